The minimum atomic E-state index is -1.04. The lowest BCUT2D eigenvalue weighted by molar-refractivity contribution is 0.0697. The van der Waals surface area contributed by atoms with Gasteiger partial charge in [-0.3, -0.25) is 5.32 Å². The van der Waals surface area contributed by atoms with Crippen molar-refractivity contribution in [3.8, 4) is 23.4 Å². The third kappa shape index (κ3) is 3.38. The fourth-order valence-electron chi connectivity index (χ4n) is 3.62. The Morgan fingerprint density at radius 1 is 1.16 bits per heavy atom. The van der Waals surface area contributed by atoms with Crippen LogP contribution in [0.5, 0.6) is 0 Å². The molecule has 0 amide bonds. The predicted molar refractivity (Wildman–Crippen MR) is 118 cm³/mol. The standard InChI is InChI=1S/C22H16N8O2/c23-9-15-17(25)16-18(28-22(27-10-24)30-20(16)29-19(15)26)12-5-3-4-11(8-12)13-6-1-2-7-14(13)21(31)32/h1-8,18H,(H,31,32)(H6,25,26,27,28,29,30). The Hall–Kier alpha value is -5.09. The lowest BCUT2D eigenvalue weighted by atomic mass is 9.92. The molecule has 10 nitrogen and oxygen atoms in total. The molecule has 10 heteroatoms. The zero-order valence-electron chi connectivity index (χ0n) is 16.5. The van der Waals surface area contributed by atoms with Gasteiger partial charge >= 0.3 is 5.97 Å². The molecule has 0 saturated heterocycles. The summed E-state index contributed by atoms with van der Waals surface area (Å²) in [5.41, 5.74) is 14.7. The highest BCUT2D eigenvalue weighted by Gasteiger charge is 2.30. The number of nitrogens with two attached hydrogens (primary N) is 2. The number of nitriles is 2. The van der Waals surface area contributed by atoms with E-state index in [0.717, 1.165) is 0 Å². The largest absolute Gasteiger partial charge is 0.478 e. The third-order valence-electron chi connectivity index (χ3n) is 5.03. The van der Waals surface area contributed by atoms with Crippen LogP contribution in [0, 0.1) is 22.8 Å². The summed E-state index contributed by atoms with van der Waals surface area (Å²) in [6.07, 6.45) is 1.80. The molecule has 4 rings (SSSR count). The van der Waals surface area contributed by atoms with Crippen molar-refractivity contribution in [3.63, 3.8) is 0 Å². The highest BCUT2D eigenvalue weighted by molar-refractivity contribution is 5.99. The Bertz CT molecular complexity index is 1370. The molecule has 7 N–H and O–H groups in total. The van der Waals surface area contributed by atoms with Gasteiger partial charge in [-0.25, -0.2) is 14.8 Å². The van der Waals surface area contributed by atoms with Crippen molar-refractivity contribution in [2.24, 2.45) is 4.99 Å². The molecule has 32 heavy (non-hydrogen) atoms. The fourth-order valence-corrected chi connectivity index (χ4v) is 3.62. The summed E-state index contributed by atoms with van der Waals surface area (Å²) in [7, 11) is 0. The smallest absolute Gasteiger partial charge is 0.336 e. The van der Waals surface area contributed by atoms with E-state index in [0.29, 0.717) is 22.3 Å². The third-order valence-corrected chi connectivity index (χ3v) is 5.03. The van der Waals surface area contributed by atoms with E-state index in [4.69, 9.17) is 16.7 Å². The number of rotatable bonds is 3. The van der Waals surface area contributed by atoms with Crippen molar-refractivity contribution >= 4 is 29.3 Å². The minimum Gasteiger partial charge on any atom is -0.478 e. The number of aromatic nitrogens is 1. The van der Waals surface area contributed by atoms with Crippen molar-refractivity contribution in [2.45, 2.75) is 6.04 Å². The number of hydrogen-bond acceptors (Lipinski definition) is 9. The molecule has 0 saturated carbocycles. The van der Waals surface area contributed by atoms with Gasteiger partial charge in [-0.2, -0.15) is 10.5 Å². The number of guanidine groups is 1. The summed E-state index contributed by atoms with van der Waals surface area (Å²) < 4.78 is 0. The fraction of sp³-hybridized carbons (Fsp3) is 0.0455. The van der Waals surface area contributed by atoms with Gasteiger partial charge in [-0.1, -0.05) is 36.4 Å². The highest BCUT2D eigenvalue weighted by Crippen LogP contribution is 2.41. The first-order valence-electron chi connectivity index (χ1n) is 9.36. The van der Waals surface area contributed by atoms with E-state index in [1.807, 2.05) is 6.07 Å². The number of anilines is 3. The van der Waals surface area contributed by atoms with Gasteiger partial charge < -0.3 is 21.9 Å². The number of nitrogens with one attached hydrogen (secondary N) is 2. The molecule has 0 spiro atoms. The van der Waals surface area contributed by atoms with Crippen molar-refractivity contribution < 1.29 is 9.90 Å². The van der Waals surface area contributed by atoms with Crippen LogP contribution in [0.2, 0.25) is 0 Å². The summed E-state index contributed by atoms with van der Waals surface area (Å²) in [5, 5.41) is 33.3. The van der Waals surface area contributed by atoms with E-state index in [9.17, 15) is 15.2 Å². The number of carboxylic acid groups (broad SMARTS) is 1. The molecule has 0 aliphatic carbocycles. The van der Waals surface area contributed by atoms with E-state index in [1.165, 1.54) is 6.07 Å². The first kappa shape index (κ1) is 20.2. The van der Waals surface area contributed by atoms with E-state index < -0.39 is 12.0 Å². The number of carboxylic acids is 1. The number of pyridine rings is 1. The van der Waals surface area contributed by atoms with Gasteiger partial charge in [-0.15, -0.1) is 0 Å². The van der Waals surface area contributed by atoms with E-state index >= 15 is 0 Å². The van der Waals surface area contributed by atoms with Crippen LogP contribution in [0.3, 0.4) is 0 Å². The molecule has 1 unspecified atom stereocenters. The van der Waals surface area contributed by atoms with Crippen LogP contribution in [0.25, 0.3) is 11.1 Å². The summed E-state index contributed by atoms with van der Waals surface area (Å²) >= 11 is 0. The summed E-state index contributed by atoms with van der Waals surface area (Å²) in [6, 6.07) is 15.0. The Morgan fingerprint density at radius 3 is 2.66 bits per heavy atom. The molecule has 1 aromatic heterocycles. The van der Waals surface area contributed by atoms with Crippen LogP contribution in [0.1, 0.15) is 33.1 Å². The maximum absolute atomic E-state index is 11.7. The maximum atomic E-state index is 11.7. The van der Waals surface area contributed by atoms with Gasteiger partial charge in [0.15, 0.2) is 6.19 Å². The van der Waals surface area contributed by atoms with Crippen molar-refractivity contribution in [1.29, 1.82) is 10.5 Å². The molecule has 1 aliphatic rings. The highest BCUT2D eigenvalue weighted by atomic mass is 16.4. The van der Waals surface area contributed by atoms with Gasteiger partial charge in [0.2, 0.25) is 5.96 Å². The van der Waals surface area contributed by atoms with Crippen LogP contribution in [0.4, 0.5) is 17.3 Å². The molecule has 0 fully saturated rings. The first-order chi connectivity index (χ1) is 15.4. The number of carbonyl (C=O) groups is 1. The second kappa shape index (κ2) is 7.97. The Balaban J connectivity index is 1.91. The number of hydrogen-bond donors (Lipinski definition) is 5. The maximum Gasteiger partial charge on any atom is 0.336 e. The zero-order valence-corrected chi connectivity index (χ0v) is 16.5. The number of benzene rings is 2. The lowest BCUT2D eigenvalue weighted by Gasteiger charge is -2.26. The SMILES string of the molecule is N#CNC1=NC(c2cccc(-c3ccccc3C(=O)O)c2)c2c(nc(N)c(C#N)c2N)N1. The van der Waals surface area contributed by atoms with Crippen LogP contribution < -0.4 is 22.1 Å². The molecule has 1 aliphatic heterocycles. The predicted octanol–water partition coefficient (Wildman–Crippen LogP) is 2.42. The van der Waals surface area contributed by atoms with Gasteiger partial charge in [0.1, 0.15) is 29.3 Å². The van der Waals surface area contributed by atoms with Crippen LogP contribution >= 0.6 is 0 Å². The zero-order chi connectivity index (χ0) is 22.8. The summed E-state index contributed by atoms with van der Waals surface area (Å²) in [5.74, 6) is -0.679. The minimum absolute atomic E-state index is 0.0369. The average molecular weight is 424 g/mol. The van der Waals surface area contributed by atoms with Gasteiger partial charge in [0.05, 0.1) is 11.3 Å². The lowest BCUT2D eigenvalue weighted by Crippen LogP contribution is -2.32. The number of fused-ring (bicyclic) bond motifs is 1. The molecular formula is C22H16N8O2. The molecule has 2 aromatic carbocycles. The van der Waals surface area contributed by atoms with Crippen molar-refractivity contribution in [2.75, 3.05) is 16.8 Å². The molecular weight excluding hydrogens is 408 g/mol. The molecule has 1 atom stereocenters. The van der Waals surface area contributed by atoms with Crippen LogP contribution in [-0.2, 0) is 0 Å². The van der Waals surface area contributed by atoms with E-state index in [2.05, 4.69) is 20.6 Å². The van der Waals surface area contributed by atoms with E-state index in [1.54, 1.807) is 48.7 Å². The molecule has 0 radical (unpaired) electrons. The number of aromatic carboxylic acids is 1. The Kier molecular flexibility index (Phi) is 5.03. The number of aliphatic imine (C=N–C) groups is 1. The van der Waals surface area contributed by atoms with Crippen molar-refractivity contribution in [3.05, 3.63) is 70.8 Å². The average Bonchev–Trinajstić information content (AvgIpc) is 2.79. The molecule has 3 aromatic rings. The quantitative estimate of drug-likeness (QED) is 0.311. The van der Waals surface area contributed by atoms with Gasteiger partial charge in [0.25, 0.3) is 0 Å². The van der Waals surface area contributed by atoms with Gasteiger partial charge in [0, 0.05) is 5.56 Å². The van der Waals surface area contributed by atoms with Crippen LogP contribution in [0.15, 0.2) is 53.5 Å². The normalized spacial score (nSPS) is 14.2. The van der Waals surface area contributed by atoms with Crippen LogP contribution in [-0.4, -0.2) is 22.0 Å². The number of nitrogens with zero attached hydrogens (tertiary/aromatic N) is 4. The Morgan fingerprint density at radius 2 is 1.94 bits per heavy atom. The summed E-state index contributed by atoms with van der Waals surface area (Å²) in [6.45, 7) is 0. The molecule has 2 heterocycles. The van der Waals surface area contributed by atoms with Gasteiger partial charge in [-0.05, 0) is 28.8 Å². The second-order valence-corrected chi connectivity index (χ2v) is 6.88. The van der Waals surface area contributed by atoms with Crippen molar-refractivity contribution in [1.82, 2.24) is 10.3 Å². The monoisotopic (exact) mass is 424 g/mol. The first-order valence-corrected chi connectivity index (χ1v) is 9.36. The molecule has 0 bridgehead atoms. The molecule has 156 valence electrons. The van der Waals surface area contributed by atoms with E-state index in [-0.39, 0.29) is 34.4 Å². The second-order valence-electron chi connectivity index (χ2n) is 6.88. The topological polar surface area (TPSA) is 186 Å². The Labute approximate surface area is 182 Å². The number of nitrogen functional groups attached to an aromatic ring is 2. The summed E-state index contributed by atoms with van der Waals surface area (Å²) in [4.78, 5) is 20.4.